The normalized spacial score (nSPS) is 35.1. The topological polar surface area (TPSA) is 32.6 Å². The average molecular weight is 207 g/mol. The monoisotopic (exact) mass is 207 g/mol. The molecular formula is C13H21NO. The summed E-state index contributed by atoms with van der Waals surface area (Å²) in [5.41, 5.74) is 2.99. The van der Waals surface area contributed by atoms with Crippen molar-refractivity contribution in [2.75, 3.05) is 0 Å². The minimum Gasteiger partial charge on any atom is -0.411 e. The van der Waals surface area contributed by atoms with Crippen LogP contribution >= 0.6 is 0 Å². The van der Waals surface area contributed by atoms with Crippen LogP contribution < -0.4 is 0 Å². The van der Waals surface area contributed by atoms with Crippen LogP contribution in [0.25, 0.3) is 0 Å². The van der Waals surface area contributed by atoms with E-state index in [0.29, 0.717) is 11.3 Å². The van der Waals surface area contributed by atoms with E-state index in [1.807, 2.05) is 0 Å². The summed E-state index contributed by atoms with van der Waals surface area (Å²) in [4.78, 5) is 0. The van der Waals surface area contributed by atoms with Crippen molar-refractivity contribution in [1.82, 2.24) is 0 Å². The first-order chi connectivity index (χ1) is 6.87. The standard InChI is InChI=1S/C13H21NO/c1-12(2)5-6-13(3,4)11-8-9(14-15)7-10(11)12/h7,11,15H,5-6,8H2,1-4H3. The molecule has 15 heavy (non-hydrogen) atoms. The summed E-state index contributed by atoms with van der Waals surface area (Å²) < 4.78 is 0. The summed E-state index contributed by atoms with van der Waals surface area (Å²) in [7, 11) is 0. The van der Waals surface area contributed by atoms with Crippen molar-refractivity contribution in [1.29, 1.82) is 0 Å². The number of nitrogens with zero attached hydrogens (tertiary/aromatic N) is 1. The van der Waals surface area contributed by atoms with Crippen molar-refractivity contribution >= 4 is 5.71 Å². The van der Waals surface area contributed by atoms with Crippen LogP contribution in [-0.4, -0.2) is 10.9 Å². The predicted molar refractivity (Wildman–Crippen MR) is 62.2 cm³/mol. The third kappa shape index (κ3) is 1.60. The molecule has 1 atom stereocenters. The second-order valence-corrected chi connectivity index (χ2v) is 6.32. The van der Waals surface area contributed by atoms with Gasteiger partial charge in [0.1, 0.15) is 0 Å². The van der Waals surface area contributed by atoms with Crippen LogP contribution in [0.5, 0.6) is 0 Å². The highest BCUT2D eigenvalue weighted by molar-refractivity contribution is 5.98. The van der Waals surface area contributed by atoms with Crippen molar-refractivity contribution < 1.29 is 5.21 Å². The first kappa shape index (κ1) is 10.7. The summed E-state index contributed by atoms with van der Waals surface area (Å²) >= 11 is 0. The molecule has 0 bridgehead atoms. The highest BCUT2D eigenvalue weighted by Crippen LogP contribution is 2.55. The number of fused-ring (bicyclic) bond motifs is 1. The van der Waals surface area contributed by atoms with E-state index in [4.69, 9.17) is 5.21 Å². The SMILES string of the molecule is CC1(C)CCC(C)(C)C2CC(=NO)C=C21. The van der Waals surface area contributed by atoms with E-state index >= 15 is 0 Å². The number of hydrogen-bond donors (Lipinski definition) is 1. The minimum atomic E-state index is 0.284. The van der Waals surface area contributed by atoms with E-state index < -0.39 is 0 Å². The number of hydrogen-bond acceptors (Lipinski definition) is 2. The van der Waals surface area contributed by atoms with E-state index in [1.165, 1.54) is 18.4 Å². The summed E-state index contributed by atoms with van der Waals surface area (Å²) in [5, 5.41) is 12.3. The van der Waals surface area contributed by atoms with Gasteiger partial charge in [-0.3, -0.25) is 0 Å². The maximum atomic E-state index is 8.90. The summed E-state index contributed by atoms with van der Waals surface area (Å²) in [6.45, 7) is 9.28. The van der Waals surface area contributed by atoms with Crippen LogP contribution in [0.4, 0.5) is 0 Å². The first-order valence-corrected chi connectivity index (χ1v) is 5.80. The van der Waals surface area contributed by atoms with Gasteiger partial charge < -0.3 is 5.21 Å². The molecule has 0 aliphatic heterocycles. The van der Waals surface area contributed by atoms with Gasteiger partial charge in [0, 0.05) is 6.42 Å². The van der Waals surface area contributed by atoms with Gasteiger partial charge in [-0.2, -0.15) is 0 Å². The van der Waals surface area contributed by atoms with Crippen molar-refractivity contribution in [3.8, 4) is 0 Å². The fraction of sp³-hybridized carbons (Fsp3) is 0.769. The third-order valence-corrected chi connectivity index (χ3v) is 4.36. The molecule has 1 saturated carbocycles. The Morgan fingerprint density at radius 3 is 2.47 bits per heavy atom. The lowest BCUT2D eigenvalue weighted by atomic mass is 9.58. The van der Waals surface area contributed by atoms with E-state index in [0.717, 1.165) is 12.1 Å². The van der Waals surface area contributed by atoms with E-state index in [9.17, 15) is 0 Å². The molecule has 0 saturated heterocycles. The maximum Gasteiger partial charge on any atom is 0.0801 e. The summed E-state index contributed by atoms with van der Waals surface area (Å²) in [5.74, 6) is 0.576. The van der Waals surface area contributed by atoms with Gasteiger partial charge in [-0.05, 0) is 35.7 Å². The quantitative estimate of drug-likeness (QED) is 0.477. The minimum absolute atomic E-state index is 0.284. The van der Waals surface area contributed by atoms with Crippen molar-refractivity contribution in [3.05, 3.63) is 11.6 Å². The predicted octanol–water partition coefficient (Wildman–Crippen LogP) is 3.61. The molecule has 0 heterocycles. The molecular weight excluding hydrogens is 186 g/mol. The maximum absolute atomic E-state index is 8.90. The van der Waals surface area contributed by atoms with Crippen molar-refractivity contribution in [3.63, 3.8) is 0 Å². The van der Waals surface area contributed by atoms with Gasteiger partial charge in [0.25, 0.3) is 0 Å². The van der Waals surface area contributed by atoms with Crippen LogP contribution in [0.1, 0.15) is 47.0 Å². The Labute approximate surface area is 92.1 Å². The molecule has 0 amide bonds. The van der Waals surface area contributed by atoms with Crippen LogP contribution in [-0.2, 0) is 0 Å². The van der Waals surface area contributed by atoms with E-state index in [2.05, 4.69) is 38.9 Å². The molecule has 1 N–H and O–H groups in total. The molecule has 0 radical (unpaired) electrons. The third-order valence-electron chi connectivity index (χ3n) is 4.36. The Morgan fingerprint density at radius 2 is 1.93 bits per heavy atom. The molecule has 2 nitrogen and oxygen atoms in total. The van der Waals surface area contributed by atoms with Crippen molar-refractivity contribution in [2.24, 2.45) is 21.9 Å². The Balaban J connectivity index is 2.41. The molecule has 0 aromatic carbocycles. The van der Waals surface area contributed by atoms with Crippen LogP contribution in [0.2, 0.25) is 0 Å². The fourth-order valence-electron chi connectivity index (χ4n) is 3.05. The fourth-order valence-corrected chi connectivity index (χ4v) is 3.05. The van der Waals surface area contributed by atoms with Gasteiger partial charge in [-0.15, -0.1) is 0 Å². The molecule has 0 aromatic heterocycles. The van der Waals surface area contributed by atoms with Gasteiger partial charge >= 0.3 is 0 Å². The van der Waals surface area contributed by atoms with E-state index in [-0.39, 0.29) is 5.41 Å². The molecule has 2 aliphatic carbocycles. The van der Waals surface area contributed by atoms with Gasteiger partial charge in [-0.1, -0.05) is 38.4 Å². The zero-order valence-electron chi connectivity index (χ0n) is 10.2. The molecule has 2 heteroatoms. The molecule has 84 valence electrons. The Hall–Kier alpha value is -0.790. The number of rotatable bonds is 0. The smallest absolute Gasteiger partial charge is 0.0801 e. The van der Waals surface area contributed by atoms with Gasteiger partial charge in [0.15, 0.2) is 0 Å². The van der Waals surface area contributed by atoms with Crippen LogP contribution in [0, 0.1) is 16.7 Å². The Kier molecular flexibility index (Phi) is 2.21. The van der Waals surface area contributed by atoms with Gasteiger partial charge in [0.05, 0.1) is 5.71 Å². The number of oxime groups is 1. The highest BCUT2D eigenvalue weighted by Gasteiger charge is 2.46. The zero-order valence-corrected chi connectivity index (χ0v) is 10.2. The van der Waals surface area contributed by atoms with E-state index in [1.54, 1.807) is 0 Å². The lowest BCUT2D eigenvalue weighted by molar-refractivity contribution is 0.132. The molecule has 1 fully saturated rings. The second-order valence-electron chi connectivity index (χ2n) is 6.32. The molecule has 2 rings (SSSR count). The Bertz CT molecular complexity index is 336. The molecule has 1 unspecified atom stereocenters. The van der Waals surface area contributed by atoms with Crippen molar-refractivity contribution in [2.45, 2.75) is 47.0 Å². The zero-order chi connectivity index (χ0) is 11.3. The van der Waals surface area contributed by atoms with Gasteiger partial charge in [0.2, 0.25) is 0 Å². The summed E-state index contributed by atoms with van der Waals surface area (Å²) in [6.07, 6.45) is 5.54. The molecule has 2 aliphatic rings. The highest BCUT2D eigenvalue weighted by atomic mass is 16.4. The van der Waals surface area contributed by atoms with Crippen LogP contribution in [0.15, 0.2) is 16.8 Å². The second kappa shape index (κ2) is 3.10. The summed E-state index contributed by atoms with van der Waals surface area (Å²) in [6, 6.07) is 0. The van der Waals surface area contributed by atoms with Gasteiger partial charge in [-0.25, -0.2) is 0 Å². The van der Waals surface area contributed by atoms with Crippen LogP contribution in [0.3, 0.4) is 0 Å². The lowest BCUT2D eigenvalue weighted by Crippen LogP contribution is -2.36. The molecule has 0 aromatic rings. The largest absolute Gasteiger partial charge is 0.411 e. The molecule has 0 spiro atoms. The number of allylic oxidation sites excluding steroid dienone is 2. The average Bonchev–Trinajstić information content (AvgIpc) is 2.59. The lowest BCUT2D eigenvalue weighted by Gasteiger charge is -2.46. The first-order valence-electron chi connectivity index (χ1n) is 5.80. The Morgan fingerprint density at radius 1 is 1.27 bits per heavy atom.